The lowest BCUT2D eigenvalue weighted by molar-refractivity contribution is -0.122. The van der Waals surface area contributed by atoms with E-state index in [-0.39, 0.29) is 35.5 Å². The molecule has 2 bridgehead atoms. The first-order chi connectivity index (χ1) is 19.0. The van der Waals surface area contributed by atoms with E-state index in [9.17, 15) is 9.59 Å². The fourth-order valence-corrected chi connectivity index (χ4v) is 6.80. The maximum atomic E-state index is 14.2. The molecule has 0 spiro atoms. The lowest BCUT2D eigenvalue weighted by atomic mass is 9.85. The van der Waals surface area contributed by atoms with E-state index in [4.69, 9.17) is 0 Å². The van der Waals surface area contributed by atoms with Gasteiger partial charge in [0.25, 0.3) is 0 Å². The van der Waals surface area contributed by atoms with Gasteiger partial charge in [-0.3, -0.25) is 9.59 Å². The highest BCUT2D eigenvalue weighted by Crippen LogP contribution is 2.59. The largest absolute Gasteiger partial charge is 0.274 e. The molecule has 39 heavy (non-hydrogen) atoms. The molecule has 1 saturated carbocycles. The number of nitrogens with zero attached hydrogens (tertiary/aromatic N) is 1. The van der Waals surface area contributed by atoms with Gasteiger partial charge in [-0.25, -0.2) is 4.90 Å². The molecule has 0 radical (unpaired) electrons. The molecule has 190 valence electrons. The number of carbonyl (C=O) groups excluding carboxylic acids is 2. The summed E-state index contributed by atoms with van der Waals surface area (Å²) in [7, 11) is 0. The van der Waals surface area contributed by atoms with E-state index in [1.54, 1.807) is 0 Å². The van der Waals surface area contributed by atoms with E-state index < -0.39 is 0 Å². The molecule has 2 amide bonds. The molecular weight excluding hydrogens is 478 g/mol. The van der Waals surface area contributed by atoms with Crippen molar-refractivity contribution in [1.29, 1.82) is 0 Å². The molecule has 2 fully saturated rings. The van der Waals surface area contributed by atoms with E-state index in [1.807, 2.05) is 54.6 Å². The molecule has 3 nitrogen and oxygen atoms in total. The van der Waals surface area contributed by atoms with E-state index in [1.165, 1.54) is 21.6 Å². The maximum absolute atomic E-state index is 14.2. The SMILES string of the molecule is Cc1ccc(C(=C2[C@H]3C=C[C@H]2[C@H]2C(=O)N(c4ccccc4-c4ccccc4)C(=O)[C@H]23)c2ccc(C)cc2)cc1. The van der Waals surface area contributed by atoms with Crippen LogP contribution in [-0.2, 0) is 9.59 Å². The predicted molar refractivity (Wildman–Crippen MR) is 156 cm³/mol. The highest BCUT2D eigenvalue weighted by Gasteiger charge is 2.62. The van der Waals surface area contributed by atoms with Gasteiger partial charge in [0.2, 0.25) is 11.8 Å². The molecule has 7 rings (SSSR count). The van der Waals surface area contributed by atoms with E-state index in [0.717, 1.165) is 27.8 Å². The average Bonchev–Trinajstić information content (AvgIpc) is 3.60. The fraction of sp³-hybridized carbons (Fsp3) is 0.167. The number of imide groups is 1. The van der Waals surface area contributed by atoms with Crippen molar-refractivity contribution in [3.8, 4) is 11.1 Å². The fourth-order valence-electron chi connectivity index (χ4n) is 6.80. The Kier molecular flexibility index (Phi) is 5.48. The third kappa shape index (κ3) is 3.64. The number of anilines is 1. The number of aryl methyl sites for hydroxylation is 2. The van der Waals surface area contributed by atoms with Crippen LogP contribution in [0.15, 0.2) is 121 Å². The number of para-hydroxylation sites is 1. The zero-order valence-corrected chi connectivity index (χ0v) is 22.0. The molecule has 4 atom stereocenters. The van der Waals surface area contributed by atoms with Crippen molar-refractivity contribution in [2.45, 2.75) is 13.8 Å². The minimum atomic E-state index is -0.378. The first-order valence-corrected chi connectivity index (χ1v) is 13.6. The summed E-state index contributed by atoms with van der Waals surface area (Å²) in [5.74, 6) is -1.12. The molecule has 1 saturated heterocycles. The number of hydrogen-bond donors (Lipinski definition) is 0. The molecule has 3 heteroatoms. The van der Waals surface area contributed by atoms with Crippen LogP contribution in [0.5, 0.6) is 0 Å². The Morgan fingerprint density at radius 3 is 1.62 bits per heavy atom. The summed E-state index contributed by atoms with van der Waals surface area (Å²) in [5.41, 5.74) is 9.59. The molecule has 0 aromatic heterocycles. The third-order valence-corrected chi connectivity index (χ3v) is 8.61. The Bertz CT molecular complexity index is 1580. The zero-order chi connectivity index (χ0) is 26.7. The van der Waals surface area contributed by atoms with Gasteiger partial charge >= 0.3 is 0 Å². The minimum absolute atomic E-state index is 0.0881. The van der Waals surface area contributed by atoms with Crippen LogP contribution in [0.3, 0.4) is 0 Å². The number of benzene rings is 4. The van der Waals surface area contributed by atoms with Crippen LogP contribution in [0.1, 0.15) is 22.3 Å². The van der Waals surface area contributed by atoms with Crippen LogP contribution in [0.25, 0.3) is 16.7 Å². The van der Waals surface area contributed by atoms with Crippen LogP contribution >= 0.6 is 0 Å². The van der Waals surface area contributed by atoms with E-state index in [2.05, 4.69) is 74.5 Å². The first kappa shape index (κ1) is 23.6. The first-order valence-electron chi connectivity index (χ1n) is 13.6. The summed E-state index contributed by atoms with van der Waals surface area (Å²) >= 11 is 0. The van der Waals surface area contributed by atoms with Crippen molar-refractivity contribution in [2.24, 2.45) is 23.7 Å². The zero-order valence-electron chi connectivity index (χ0n) is 22.0. The van der Waals surface area contributed by atoms with Crippen molar-refractivity contribution < 1.29 is 9.59 Å². The Morgan fingerprint density at radius 1 is 0.590 bits per heavy atom. The van der Waals surface area contributed by atoms with Crippen molar-refractivity contribution in [3.63, 3.8) is 0 Å². The summed E-state index contributed by atoms with van der Waals surface area (Å²) in [6, 6.07) is 34.9. The number of carbonyl (C=O) groups is 2. The normalized spacial score (nSPS) is 23.0. The summed E-state index contributed by atoms with van der Waals surface area (Å²) in [6.07, 6.45) is 4.34. The second-order valence-corrected chi connectivity index (χ2v) is 10.9. The Labute approximate surface area is 229 Å². The van der Waals surface area contributed by atoms with Gasteiger partial charge in [-0.1, -0.05) is 120 Å². The number of hydrogen-bond acceptors (Lipinski definition) is 2. The minimum Gasteiger partial charge on any atom is -0.274 e. The number of amides is 2. The molecule has 1 aliphatic heterocycles. The van der Waals surface area contributed by atoms with Gasteiger partial charge in [0.15, 0.2) is 0 Å². The number of rotatable bonds is 4. The van der Waals surface area contributed by atoms with E-state index >= 15 is 0 Å². The molecule has 4 aromatic rings. The topological polar surface area (TPSA) is 37.4 Å². The Hall–Kier alpha value is -4.50. The highest BCUT2D eigenvalue weighted by molar-refractivity contribution is 6.24. The lowest BCUT2D eigenvalue weighted by Gasteiger charge is -2.23. The van der Waals surface area contributed by atoms with Crippen molar-refractivity contribution in [1.82, 2.24) is 0 Å². The number of fused-ring (bicyclic) bond motifs is 5. The van der Waals surface area contributed by atoms with Gasteiger partial charge in [-0.15, -0.1) is 0 Å². The van der Waals surface area contributed by atoms with Gasteiger partial charge in [0, 0.05) is 17.4 Å². The van der Waals surface area contributed by atoms with Gasteiger partial charge in [-0.05, 0) is 47.8 Å². The summed E-state index contributed by atoms with van der Waals surface area (Å²) in [5, 5.41) is 0. The third-order valence-electron chi connectivity index (χ3n) is 8.61. The second kappa shape index (κ2) is 9.06. The van der Waals surface area contributed by atoms with Crippen LogP contribution in [-0.4, -0.2) is 11.8 Å². The van der Waals surface area contributed by atoms with Crippen LogP contribution in [0, 0.1) is 37.5 Å². The van der Waals surface area contributed by atoms with Crippen LogP contribution < -0.4 is 4.90 Å². The van der Waals surface area contributed by atoms with Gasteiger partial charge in [-0.2, -0.15) is 0 Å². The van der Waals surface area contributed by atoms with Gasteiger partial charge in [0.05, 0.1) is 17.5 Å². The van der Waals surface area contributed by atoms with Crippen molar-refractivity contribution >= 4 is 23.1 Å². The lowest BCUT2D eigenvalue weighted by Crippen LogP contribution is -2.33. The maximum Gasteiger partial charge on any atom is 0.238 e. The molecule has 0 unspecified atom stereocenters. The number of allylic oxidation sites excluding steroid dienone is 3. The molecule has 0 N–H and O–H groups in total. The molecule has 4 aromatic carbocycles. The van der Waals surface area contributed by atoms with Gasteiger partial charge < -0.3 is 0 Å². The summed E-state index contributed by atoms with van der Waals surface area (Å²) in [4.78, 5) is 29.8. The second-order valence-electron chi connectivity index (χ2n) is 10.9. The molecule has 1 heterocycles. The van der Waals surface area contributed by atoms with Crippen LogP contribution in [0.4, 0.5) is 5.69 Å². The summed E-state index contributed by atoms with van der Waals surface area (Å²) < 4.78 is 0. The van der Waals surface area contributed by atoms with Crippen molar-refractivity contribution in [3.05, 3.63) is 143 Å². The molecule has 3 aliphatic rings. The Balaban J connectivity index is 1.35. The van der Waals surface area contributed by atoms with Crippen molar-refractivity contribution in [2.75, 3.05) is 4.90 Å². The molecule has 2 aliphatic carbocycles. The highest BCUT2D eigenvalue weighted by atomic mass is 16.2. The molecular formula is C36H29NO2. The predicted octanol–water partition coefficient (Wildman–Crippen LogP) is 7.39. The van der Waals surface area contributed by atoms with Crippen LogP contribution in [0.2, 0.25) is 0 Å². The van der Waals surface area contributed by atoms with E-state index in [0.29, 0.717) is 5.69 Å². The standard InChI is InChI=1S/C36H29NO2/c1-22-12-16-25(17-13-22)31(26-18-14-23(2)15-19-26)32-28-20-21-29(32)34-33(28)35(38)37(36(34)39)30-11-7-6-10-27(30)24-8-4-3-5-9-24/h3-21,28-29,33-34H,1-2H3/t28-,29-,33-,34+/m1/s1. The quantitative estimate of drug-likeness (QED) is 0.213. The average molecular weight is 508 g/mol. The van der Waals surface area contributed by atoms with Gasteiger partial charge in [0.1, 0.15) is 0 Å². The summed E-state index contributed by atoms with van der Waals surface area (Å²) in [6.45, 7) is 4.18. The smallest absolute Gasteiger partial charge is 0.238 e. The Morgan fingerprint density at radius 2 is 1.08 bits per heavy atom. The monoisotopic (exact) mass is 507 g/mol.